The number of rotatable bonds is 6. The van der Waals surface area contributed by atoms with E-state index in [1.807, 2.05) is 12.1 Å². The van der Waals surface area contributed by atoms with Gasteiger partial charge in [0, 0.05) is 29.8 Å². The Kier molecular flexibility index (Phi) is 5.37. The van der Waals surface area contributed by atoms with Crippen molar-refractivity contribution in [3.05, 3.63) is 69.7 Å². The Labute approximate surface area is 159 Å². The van der Waals surface area contributed by atoms with Crippen molar-refractivity contribution >= 4 is 29.0 Å². The number of halogens is 1. The second kappa shape index (κ2) is 7.88. The van der Waals surface area contributed by atoms with Gasteiger partial charge in [0.25, 0.3) is 5.91 Å². The number of hydrogen-bond donors (Lipinski definition) is 1. The zero-order valence-electron chi connectivity index (χ0n) is 14.3. The molecule has 0 saturated heterocycles. The molecule has 1 aromatic heterocycles. The largest absolute Gasteiger partial charge is 0.477 e. The van der Waals surface area contributed by atoms with Crippen LogP contribution in [0.2, 0.25) is 5.02 Å². The molecule has 8 nitrogen and oxygen atoms in total. The summed E-state index contributed by atoms with van der Waals surface area (Å²) in [5.74, 6) is 0.0411. The number of nitrogens with one attached hydrogen (secondary N) is 1. The molecule has 3 rings (SSSR count). The highest BCUT2D eigenvalue weighted by Crippen LogP contribution is 2.26. The minimum atomic E-state index is -0.563. The fourth-order valence-corrected chi connectivity index (χ4v) is 2.52. The number of ether oxygens (including phenoxy) is 1. The van der Waals surface area contributed by atoms with Gasteiger partial charge in [-0.25, -0.2) is 0 Å². The Bertz CT molecular complexity index is 985. The normalized spacial score (nSPS) is 10.4. The van der Waals surface area contributed by atoms with E-state index in [0.29, 0.717) is 16.5 Å². The SMILES string of the molecule is Cn1nc(-c2ccc(Cl)cc2)cc1NC(=O)COc1ccccc1[N+](=O)[O-]. The van der Waals surface area contributed by atoms with E-state index < -0.39 is 10.8 Å². The quantitative estimate of drug-likeness (QED) is 0.514. The molecule has 0 fully saturated rings. The van der Waals surface area contributed by atoms with Gasteiger partial charge in [-0.05, 0) is 18.2 Å². The number of benzene rings is 2. The zero-order valence-corrected chi connectivity index (χ0v) is 15.0. The molecule has 0 aliphatic carbocycles. The first-order chi connectivity index (χ1) is 12.9. The van der Waals surface area contributed by atoms with E-state index in [1.54, 1.807) is 31.3 Å². The van der Waals surface area contributed by atoms with E-state index in [4.69, 9.17) is 16.3 Å². The van der Waals surface area contributed by atoms with Crippen LogP contribution < -0.4 is 10.1 Å². The minimum absolute atomic E-state index is 0.0320. The van der Waals surface area contributed by atoms with E-state index in [1.165, 1.54) is 22.9 Å². The third-order valence-electron chi connectivity index (χ3n) is 3.71. The Morgan fingerprint density at radius 3 is 2.67 bits per heavy atom. The van der Waals surface area contributed by atoms with E-state index in [-0.39, 0.29) is 18.0 Å². The lowest BCUT2D eigenvalue weighted by Gasteiger charge is -2.07. The third kappa shape index (κ3) is 4.42. The molecule has 9 heteroatoms. The van der Waals surface area contributed by atoms with Crippen molar-refractivity contribution in [2.45, 2.75) is 0 Å². The van der Waals surface area contributed by atoms with E-state index >= 15 is 0 Å². The lowest BCUT2D eigenvalue weighted by molar-refractivity contribution is -0.385. The second-order valence-electron chi connectivity index (χ2n) is 5.61. The van der Waals surface area contributed by atoms with Gasteiger partial charge in [-0.1, -0.05) is 35.9 Å². The van der Waals surface area contributed by atoms with Crippen molar-refractivity contribution < 1.29 is 14.5 Å². The predicted octanol–water partition coefficient (Wildman–Crippen LogP) is 3.67. The molecule has 2 aromatic carbocycles. The van der Waals surface area contributed by atoms with Crippen LogP contribution in [0.3, 0.4) is 0 Å². The Morgan fingerprint density at radius 2 is 1.96 bits per heavy atom. The number of nitro benzene ring substituents is 1. The van der Waals surface area contributed by atoms with E-state index in [2.05, 4.69) is 10.4 Å². The first-order valence-electron chi connectivity index (χ1n) is 7.90. The summed E-state index contributed by atoms with van der Waals surface area (Å²) < 4.78 is 6.80. The van der Waals surface area contributed by atoms with Crippen LogP contribution >= 0.6 is 11.6 Å². The van der Waals surface area contributed by atoms with Crippen molar-refractivity contribution in [2.75, 3.05) is 11.9 Å². The lowest BCUT2D eigenvalue weighted by atomic mass is 10.1. The van der Waals surface area contributed by atoms with Crippen molar-refractivity contribution in [1.82, 2.24) is 9.78 Å². The average molecular weight is 387 g/mol. The highest BCUT2D eigenvalue weighted by atomic mass is 35.5. The number of hydrogen-bond acceptors (Lipinski definition) is 5. The summed E-state index contributed by atoms with van der Waals surface area (Å²) in [6.07, 6.45) is 0. The summed E-state index contributed by atoms with van der Waals surface area (Å²) in [5, 5.41) is 18.6. The van der Waals surface area contributed by atoms with Gasteiger partial charge in [-0.3, -0.25) is 19.6 Å². The van der Waals surface area contributed by atoms with Gasteiger partial charge in [-0.2, -0.15) is 5.10 Å². The van der Waals surface area contributed by atoms with Gasteiger partial charge in [0.1, 0.15) is 5.82 Å². The summed E-state index contributed by atoms with van der Waals surface area (Å²) in [5.41, 5.74) is 1.33. The van der Waals surface area contributed by atoms with Crippen LogP contribution in [0.15, 0.2) is 54.6 Å². The first kappa shape index (κ1) is 18.4. The van der Waals surface area contributed by atoms with Crippen LogP contribution in [0.5, 0.6) is 5.75 Å². The van der Waals surface area contributed by atoms with Crippen molar-refractivity contribution in [3.63, 3.8) is 0 Å². The molecule has 0 spiro atoms. The molecule has 0 unspecified atom stereocenters. The number of para-hydroxylation sites is 2. The number of aromatic nitrogens is 2. The average Bonchev–Trinajstić information content (AvgIpc) is 3.01. The molecule has 1 heterocycles. The molecule has 27 heavy (non-hydrogen) atoms. The highest BCUT2D eigenvalue weighted by molar-refractivity contribution is 6.30. The van der Waals surface area contributed by atoms with Gasteiger partial charge in [0.2, 0.25) is 0 Å². The molecule has 0 saturated carbocycles. The summed E-state index contributed by atoms with van der Waals surface area (Å²) in [6, 6.07) is 14.8. The Hall–Kier alpha value is -3.39. The standard InChI is InChI=1S/C18H15ClN4O4/c1-22-17(10-14(21-22)12-6-8-13(19)9-7-12)20-18(24)11-27-16-5-3-2-4-15(16)23(25)26/h2-10H,11H2,1H3,(H,20,24). The fraction of sp³-hybridized carbons (Fsp3) is 0.111. The zero-order chi connectivity index (χ0) is 19.4. The number of carbonyl (C=O) groups is 1. The molecule has 0 aliphatic heterocycles. The van der Waals surface area contributed by atoms with Gasteiger partial charge >= 0.3 is 5.69 Å². The summed E-state index contributed by atoms with van der Waals surface area (Å²) >= 11 is 5.88. The monoisotopic (exact) mass is 386 g/mol. The van der Waals surface area contributed by atoms with Crippen LogP contribution in [0.4, 0.5) is 11.5 Å². The molecule has 0 aliphatic rings. The molecule has 0 bridgehead atoms. The van der Waals surface area contributed by atoms with Crippen LogP contribution in [0.25, 0.3) is 11.3 Å². The van der Waals surface area contributed by atoms with E-state index in [9.17, 15) is 14.9 Å². The number of carbonyl (C=O) groups excluding carboxylic acids is 1. The first-order valence-corrected chi connectivity index (χ1v) is 8.28. The number of anilines is 1. The topological polar surface area (TPSA) is 99.3 Å². The van der Waals surface area contributed by atoms with Crippen LogP contribution in [-0.4, -0.2) is 27.2 Å². The molecule has 0 atom stereocenters. The van der Waals surface area contributed by atoms with Crippen LogP contribution in [-0.2, 0) is 11.8 Å². The number of aryl methyl sites for hydroxylation is 1. The molecule has 0 radical (unpaired) electrons. The maximum absolute atomic E-state index is 12.1. The molecular weight excluding hydrogens is 372 g/mol. The number of nitrogens with zero attached hydrogens (tertiary/aromatic N) is 3. The molecule has 1 amide bonds. The summed E-state index contributed by atoms with van der Waals surface area (Å²) in [4.78, 5) is 22.5. The Morgan fingerprint density at radius 1 is 1.26 bits per heavy atom. The summed E-state index contributed by atoms with van der Waals surface area (Å²) in [7, 11) is 1.69. The maximum atomic E-state index is 12.1. The van der Waals surface area contributed by atoms with Gasteiger partial charge < -0.3 is 10.1 Å². The molecular formula is C18H15ClN4O4. The Balaban J connectivity index is 1.66. The third-order valence-corrected chi connectivity index (χ3v) is 3.96. The second-order valence-corrected chi connectivity index (χ2v) is 6.04. The van der Waals surface area contributed by atoms with Crippen LogP contribution in [0, 0.1) is 10.1 Å². The lowest BCUT2D eigenvalue weighted by Crippen LogP contribution is -2.21. The van der Waals surface area contributed by atoms with Crippen molar-refractivity contribution in [2.24, 2.45) is 7.05 Å². The molecule has 1 N–H and O–H groups in total. The van der Waals surface area contributed by atoms with Crippen LogP contribution in [0.1, 0.15) is 0 Å². The summed E-state index contributed by atoms with van der Waals surface area (Å²) in [6.45, 7) is -0.369. The van der Waals surface area contributed by atoms with Gasteiger partial charge in [0.05, 0.1) is 10.6 Å². The van der Waals surface area contributed by atoms with Gasteiger partial charge in [-0.15, -0.1) is 0 Å². The minimum Gasteiger partial charge on any atom is -0.477 e. The fourth-order valence-electron chi connectivity index (χ4n) is 2.40. The van der Waals surface area contributed by atoms with E-state index in [0.717, 1.165) is 5.56 Å². The number of nitro groups is 1. The highest BCUT2D eigenvalue weighted by Gasteiger charge is 2.16. The van der Waals surface area contributed by atoms with Crippen molar-refractivity contribution in [1.29, 1.82) is 0 Å². The molecule has 3 aromatic rings. The maximum Gasteiger partial charge on any atom is 0.310 e. The number of amides is 1. The van der Waals surface area contributed by atoms with Crippen molar-refractivity contribution in [3.8, 4) is 17.0 Å². The molecule has 138 valence electrons. The predicted molar refractivity (Wildman–Crippen MR) is 101 cm³/mol. The van der Waals surface area contributed by atoms with Gasteiger partial charge in [0.15, 0.2) is 12.4 Å². The smallest absolute Gasteiger partial charge is 0.310 e.